The minimum atomic E-state index is -3.88. The number of amides is 1. The van der Waals surface area contributed by atoms with Gasteiger partial charge in [-0.15, -0.1) is 0 Å². The fourth-order valence-corrected chi connectivity index (χ4v) is 4.52. The van der Waals surface area contributed by atoms with E-state index in [2.05, 4.69) is 0 Å². The van der Waals surface area contributed by atoms with Crippen LogP contribution < -0.4 is 0 Å². The average molecular weight is 428 g/mol. The van der Waals surface area contributed by atoms with Gasteiger partial charge in [0.05, 0.1) is 20.4 Å². The lowest BCUT2D eigenvalue weighted by atomic mass is 10.1. The van der Waals surface area contributed by atoms with Crippen molar-refractivity contribution in [2.45, 2.75) is 4.90 Å². The summed E-state index contributed by atoms with van der Waals surface area (Å²) in [5.41, 5.74) is -0.280. The molecule has 1 heterocycles. The lowest BCUT2D eigenvalue weighted by Crippen LogP contribution is -2.50. The molecule has 0 N–H and O–H groups in total. The zero-order chi connectivity index (χ0) is 20.5. The fraction of sp³-hybridized carbons (Fsp3) is 0.235. The Labute approximate surface area is 165 Å². The highest BCUT2D eigenvalue weighted by Gasteiger charge is 2.31. The van der Waals surface area contributed by atoms with Crippen LogP contribution in [0.5, 0.6) is 0 Å². The summed E-state index contributed by atoms with van der Waals surface area (Å²) in [7, 11) is -3.88. The first-order chi connectivity index (χ1) is 13.2. The summed E-state index contributed by atoms with van der Waals surface area (Å²) in [6.45, 7) is 0.174. The van der Waals surface area contributed by atoms with Gasteiger partial charge in [-0.2, -0.15) is 4.31 Å². The van der Waals surface area contributed by atoms with Crippen LogP contribution in [-0.2, 0) is 10.0 Å². The number of hydrogen-bond donors (Lipinski definition) is 0. The molecule has 1 aliphatic rings. The number of non-ortho nitro benzene ring substituents is 1. The second-order valence-electron chi connectivity index (χ2n) is 6.07. The second-order valence-corrected chi connectivity index (χ2v) is 8.42. The Morgan fingerprint density at radius 3 is 2.39 bits per heavy atom. The Hall–Kier alpha value is -2.56. The van der Waals surface area contributed by atoms with Crippen LogP contribution in [0, 0.1) is 15.9 Å². The molecule has 0 radical (unpaired) electrons. The Kier molecular flexibility index (Phi) is 5.64. The van der Waals surface area contributed by atoms with Crippen LogP contribution in [0.25, 0.3) is 0 Å². The molecule has 0 atom stereocenters. The van der Waals surface area contributed by atoms with Gasteiger partial charge < -0.3 is 4.90 Å². The monoisotopic (exact) mass is 427 g/mol. The number of nitro groups is 1. The molecule has 2 aromatic carbocycles. The third-order valence-electron chi connectivity index (χ3n) is 4.35. The second kappa shape index (κ2) is 7.82. The van der Waals surface area contributed by atoms with Crippen LogP contribution in [0.3, 0.4) is 0 Å². The molecule has 1 amide bonds. The van der Waals surface area contributed by atoms with E-state index in [0.29, 0.717) is 0 Å². The molecule has 2 aromatic rings. The van der Waals surface area contributed by atoms with Crippen LogP contribution in [0.1, 0.15) is 10.4 Å². The van der Waals surface area contributed by atoms with Crippen molar-refractivity contribution in [3.63, 3.8) is 0 Å². The molecule has 0 aliphatic carbocycles. The van der Waals surface area contributed by atoms with E-state index in [9.17, 15) is 27.7 Å². The lowest BCUT2D eigenvalue weighted by Gasteiger charge is -2.34. The Morgan fingerprint density at radius 1 is 1.11 bits per heavy atom. The lowest BCUT2D eigenvalue weighted by molar-refractivity contribution is -0.384. The number of nitro benzene ring substituents is 1. The van der Waals surface area contributed by atoms with E-state index in [4.69, 9.17) is 11.6 Å². The van der Waals surface area contributed by atoms with E-state index in [1.54, 1.807) is 0 Å². The number of rotatable bonds is 4. The van der Waals surface area contributed by atoms with Gasteiger partial charge in [-0.3, -0.25) is 14.9 Å². The van der Waals surface area contributed by atoms with Crippen molar-refractivity contribution in [3.8, 4) is 0 Å². The van der Waals surface area contributed by atoms with Crippen molar-refractivity contribution in [3.05, 3.63) is 69.0 Å². The van der Waals surface area contributed by atoms with Gasteiger partial charge in [-0.1, -0.05) is 17.7 Å². The Bertz CT molecular complexity index is 1040. The molecule has 1 fully saturated rings. The molecule has 0 saturated carbocycles. The van der Waals surface area contributed by atoms with E-state index in [-0.39, 0.29) is 47.3 Å². The van der Waals surface area contributed by atoms with Crippen LogP contribution in [0.15, 0.2) is 47.4 Å². The van der Waals surface area contributed by atoms with E-state index < -0.39 is 26.7 Å². The quantitative estimate of drug-likeness (QED) is 0.551. The molecule has 28 heavy (non-hydrogen) atoms. The molecule has 1 saturated heterocycles. The summed E-state index contributed by atoms with van der Waals surface area (Å²) < 4.78 is 39.8. The first kappa shape index (κ1) is 20.2. The SMILES string of the molecule is O=C(c1cc([N+](=O)[O-])ccc1Cl)N1CCN(S(=O)(=O)c2cccc(F)c2)CC1. The van der Waals surface area contributed by atoms with Crippen molar-refractivity contribution < 1.29 is 22.5 Å². The summed E-state index contributed by atoms with van der Waals surface area (Å²) in [5.74, 6) is -1.17. The number of carbonyl (C=O) groups excluding carboxylic acids is 1. The van der Waals surface area contributed by atoms with Gasteiger partial charge in [0.15, 0.2) is 0 Å². The standard InChI is InChI=1S/C17H15ClFN3O5S/c18-16-5-4-13(22(24)25)11-15(16)17(23)20-6-8-21(9-7-20)28(26,27)14-3-1-2-12(19)10-14/h1-5,10-11H,6-9H2. The highest BCUT2D eigenvalue weighted by molar-refractivity contribution is 7.89. The number of piperazine rings is 1. The van der Waals surface area contributed by atoms with E-state index in [1.807, 2.05) is 0 Å². The van der Waals surface area contributed by atoms with E-state index >= 15 is 0 Å². The molecule has 148 valence electrons. The fourth-order valence-electron chi connectivity index (χ4n) is 2.87. The van der Waals surface area contributed by atoms with Gasteiger partial charge in [-0.25, -0.2) is 12.8 Å². The Morgan fingerprint density at radius 2 is 1.79 bits per heavy atom. The smallest absolute Gasteiger partial charge is 0.270 e. The topological polar surface area (TPSA) is 101 Å². The maximum atomic E-state index is 13.4. The van der Waals surface area contributed by atoms with Gasteiger partial charge in [0.1, 0.15) is 5.82 Å². The van der Waals surface area contributed by atoms with Crippen molar-refractivity contribution in [2.24, 2.45) is 0 Å². The summed E-state index contributed by atoms with van der Waals surface area (Å²) in [4.78, 5) is 24.2. The van der Waals surface area contributed by atoms with Crippen molar-refractivity contribution in [1.82, 2.24) is 9.21 Å². The number of sulfonamides is 1. The third kappa shape index (κ3) is 3.98. The maximum Gasteiger partial charge on any atom is 0.270 e. The summed E-state index contributed by atoms with van der Waals surface area (Å²) in [6, 6.07) is 8.28. The minimum Gasteiger partial charge on any atom is -0.336 e. The minimum absolute atomic E-state index is 0.0110. The predicted octanol–water partition coefficient (Wildman–Crippen LogP) is 2.53. The van der Waals surface area contributed by atoms with Crippen LogP contribution >= 0.6 is 11.6 Å². The summed E-state index contributed by atoms with van der Waals surface area (Å²) in [6.07, 6.45) is 0. The van der Waals surface area contributed by atoms with Gasteiger partial charge in [0.25, 0.3) is 11.6 Å². The number of halogens is 2. The molecular weight excluding hydrogens is 413 g/mol. The van der Waals surface area contributed by atoms with Crippen molar-refractivity contribution in [2.75, 3.05) is 26.2 Å². The predicted molar refractivity (Wildman–Crippen MR) is 99.2 cm³/mol. The molecule has 0 unspecified atom stereocenters. The molecule has 0 spiro atoms. The van der Waals surface area contributed by atoms with Gasteiger partial charge in [0.2, 0.25) is 10.0 Å². The van der Waals surface area contributed by atoms with E-state index in [0.717, 1.165) is 18.2 Å². The zero-order valence-electron chi connectivity index (χ0n) is 14.4. The molecule has 3 rings (SSSR count). The molecule has 0 aromatic heterocycles. The summed E-state index contributed by atoms with van der Waals surface area (Å²) >= 11 is 6.00. The number of nitrogens with zero attached hydrogens (tertiary/aromatic N) is 3. The van der Waals surface area contributed by atoms with Crippen LogP contribution in [-0.4, -0.2) is 54.6 Å². The number of hydrogen-bond acceptors (Lipinski definition) is 5. The Balaban J connectivity index is 1.74. The molecule has 8 nitrogen and oxygen atoms in total. The van der Waals surface area contributed by atoms with E-state index in [1.165, 1.54) is 33.5 Å². The van der Waals surface area contributed by atoms with Crippen molar-refractivity contribution in [1.29, 1.82) is 0 Å². The molecular formula is C17H15ClFN3O5S. The average Bonchev–Trinajstić information content (AvgIpc) is 2.67. The summed E-state index contributed by atoms with van der Waals surface area (Å²) in [5, 5.41) is 11.0. The first-order valence-corrected chi connectivity index (χ1v) is 10.0. The first-order valence-electron chi connectivity index (χ1n) is 8.19. The van der Waals surface area contributed by atoms with Crippen molar-refractivity contribution >= 4 is 33.2 Å². The third-order valence-corrected chi connectivity index (χ3v) is 6.58. The van der Waals surface area contributed by atoms with Crippen LogP contribution in [0.4, 0.5) is 10.1 Å². The number of carbonyl (C=O) groups is 1. The normalized spacial score (nSPS) is 15.4. The molecule has 0 bridgehead atoms. The van der Waals surface area contributed by atoms with Gasteiger partial charge in [0, 0.05) is 38.3 Å². The van der Waals surface area contributed by atoms with Gasteiger partial charge in [-0.05, 0) is 24.3 Å². The number of benzene rings is 2. The molecule has 1 aliphatic heterocycles. The highest BCUT2D eigenvalue weighted by Crippen LogP contribution is 2.25. The molecule has 11 heteroatoms. The van der Waals surface area contributed by atoms with Gasteiger partial charge >= 0.3 is 0 Å². The van der Waals surface area contributed by atoms with Crippen LogP contribution in [0.2, 0.25) is 5.02 Å². The zero-order valence-corrected chi connectivity index (χ0v) is 16.0. The maximum absolute atomic E-state index is 13.4. The largest absolute Gasteiger partial charge is 0.336 e. The highest BCUT2D eigenvalue weighted by atomic mass is 35.5.